The Morgan fingerprint density at radius 1 is 1.31 bits per heavy atom. The number of hydrogen-bond donors (Lipinski definition) is 1. The Morgan fingerprint density at radius 3 is 2.62 bits per heavy atom. The van der Waals surface area contributed by atoms with Gasteiger partial charge in [-0.3, -0.25) is 15.0 Å². The number of benzene rings is 1. The molecule has 0 aliphatic carbocycles. The number of rotatable bonds is 3. The first-order chi connectivity index (χ1) is 12.1. The van der Waals surface area contributed by atoms with Gasteiger partial charge in [-0.05, 0) is 38.8 Å². The topological polar surface area (TPSA) is 96.2 Å². The number of nitro benzene ring substituents is 1. The van der Waals surface area contributed by atoms with Crippen LogP contribution in [0.3, 0.4) is 0 Å². The van der Waals surface area contributed by atoms with Gasteiger partial charge in [0.25, 0.3) is 0 Å². The largest absolute Gasteiger partial charge is 0.502 e. The minimum Gasteiger partial charge on any atom is -0.502 e. The average Bonchev–Trinajstić information content (AvgIpc) is 2.95. The predicted octanol–water partition coefficient (Wildman–Crippen LogP) is 2.71. The fourth-order valence-electron chi connectivity index (χ4n) is 3.49. The van der Waals surface area contributed by atoms with Crippen molar-refractivity contribution < 1.29 is 19.6 Å². The SMILES string of the molecule is CC(C)(C)OC(=O)N1CC[C@H](N2CC(c3ccc(O)c([N+](=O)[O-])c3)C2)C1. The van der Waals surface area contributed by atoms with Crippen LogP contribution in [0.15, 0.2) is 18.2 Å². The van der Waals surface area contributed by atoms with E-state index >= 15 is 0 Å². The third kappa shape index (κ3) is 3.90. The van der Waals surface area contributed by atoms with Crippen molar-refractivity contribution in [3.05, 3.63) is 33.9 Å². The quantitative estimate of drug-likeness (QED) is 0.655. The number of carbonyl (C=O) groups excluding carboxylic acids is 1. The van der Waals surface area contributed by atoms with E-state index in [9.17, 15) is 20.0 Å². The van der Waals surface area contributed by atoms with Crippen molar-refractivity contribution in [1.82, 2.24) is 9.80 Å². The second kappa shape index (κ2) is 6.75. The second-order valence-corrected chi connectivity index (χ2v) is 8.02. The van der Waals surface area contributed by atoms with E-state index in [0.29, 0.717) is 19.1 Å². The van der Waals surface area contributed by atoms with Gasteiger partial charge in [-0.25, -0.2) is 4.79 Å². The second-order valence-electron chi connectivity index (χ2n) is 8.02. The lowest BCUT2D eigenvalue weighted by Crippen LogP contribution is -2.51. The van der Waals surface area contributed by atoms with Gasteiger partial charge in [0.2, 0.25) is 0 Å². The summed E-state index contributed by atoms with van der Waals surface area (Å²) in [6.07, 6.45) is 0.632. The molecule has 2 fully saturated rings. The normalized spacial score (nSPS) is 21.5. The fourth-order valence-corrected chi connectivity index (χ4v) is 3.49. The van der Waals surface area contributed by atoms with Gasteiger partial charge in [0.1, 0.15) is 5.60 Å². The summed E-state index contributed by atoms with van der Waals surface area (Å²) in [5.41, 5.74) is 0.121. The van der Waals surface area contributed by atoms with Crippen LogP contribution in [-0.4, -0.2) is 63.7 Å². The summed E-state index contributed by atoms with van der Waals surface area (Å²) >= 11 is 0. The highest BCUT2D eigenvalue weighted by molar-refractivity contribution is 5.68. The number of nitrogens with zero attached hydrogens (tertiary/aromatic N) is 3. The summed E-state index contributed by atoms with van der Waals surface area (Å²) in [4.78, 5) is 26.6. The highest BCUT2D eigenvalue weighted by Gasteiger charge is 2.39. The summed E-state index contributed by atoms with van der Waals surface area (Å²) in [6.45, 7) is 8.51. The average molecular weight is 363 g/mol. The van der Waals surface area contributed by atoms with Crippen molar-refractivity contribution in [2.24, 2.45) is 0 Å². The summed E-state index contributed by atoms with van der Waals surface area (Å²) in [6, 6.07) is 4.88. The molecule has 0 bridgehead atoms. The standard InChI is InChI=1S/C18H25N3O5/c1-18(2,3)26-17(23)19-7-6-14(11-19)20-9-13(10-20)12-4-5-16(22)15(8-12)21(24)25/h4-5,8,13-14,22H,6-7,9-11H2,1-3H3/t14-/m0/s1. The van der Waals surface area contributed by atoms with Crippen molar-refractivity contribution >= 4 is 11.8 Å². The van der Waals surface area contributed by atoms with Crippen LogP contribution in [0.25, 0.3) is 0 Å². The van der Waals surface area contributed by atoms with Crippen molar-refractivity contribution in [2.75, 3.05) is 26.2 Å². The van der Waals surface area contributed by atoms with Gasteiger partial charge in [-0.2, -0.15) is 0 Å². The zero-order chi connectivity index (χ0) is 19.1. The highest BCUT2D eigenvalue weighted by atomic mass is 16.6. The van der Waals surface area contributed by atoms with Crippen LogP contribution >= 0.6 is 0 Å². The van der Waals surface area contributed by atoms with Gasteiger partial charge in [0, 0.05) is 44.2 Å². The molecule has 2 saturated heterocycles. The van der Waals surface area contributed by atoms with Gasteiger partial charge in [-0.1, -0.05) is 6.07 Å². The van der Waals surface area contributed by atoms with E-state index in [1.165, 1.54) is 12.1 Å². The lowest BCUT2D eigenvalue weighted by molar-refractivity contribution is -0.386. The first kappa shape index (κ1) is 18.4. The molecule has 0 unspecified atom stereocenters. The van der Waals surface area contributed by atoms with Crippen molar-refractivity contribution in [3.63, 3.8) is 0 Å². The van der Waals surface area contributed by atoms with E-state index in [2.05, 4.69) is 4.90 Å². The maximum Gasteiger partial charge on any atom is 0.410 e. The number of nitro groups is 1. The highest BCUT2D eigenvalue weighted by Crippen LogP contribution is 2.35. The van der Waals surface area contributed by atoms with Crippen LogP contribution in [-0.2, 0) is 4.74 Å². The van der Waals surface area contributed by atoms with Gasteiger partial charge in [-0.15, -0.1) is 0 Å². The van der Waals surface area contributed by atoms with Crippen molar-refractivity contribution in [1.29, 1.82) is 0 Å². The third-order valence-corrected chi connectivity index (χ3v) is 4.91. The summed E-state index contributed by atoms with van der Waals surface area (Å²) < 4.78 is 5.42. The Kier molecular flexibility index (Phi) is 4.79. The Bertz CT molecular complexity index is 709. The minimum atomic E-state index is -0.565. The third-order valence-electron chi connectivity index (χ3n) is 4.91. The van der Waals surface area contributed by atoms with Gasteiger partial charge in [0.05, 0.1) is 4.92 Å². The number of likely N-dealkylation sites (tertiary alicyclic amines) is 2. The zero-order valence-corrected chi connectivity index (χ0v) is 15.3. The Hall–Kier alpha value is -2.35. The number of phenols is 1. The number of amides is 1. The first-order valence-electron chi connectivity index (χ1n) is 8.83. The number of aromatic hydroxyl groups is 1. The van der Waals surface area contributed by atoms with Crippen LogP contribution in [0.1, 0.15) is 38.7 Å². The number of carbonyl (C=O) groups is 1. The molecule has 1 aromatic rings. The molecule has 8 heteroatoms. The number of ether oxygens (including phenoxy) is 1. The molecule has 26 heavy (non-hydrogen) atoms. The molecule has 0 radical (unpaired) electrons. The van der Waals surface area contributed by atoms with Crippen LogP contribution in [0.4, 0.5) is 10.5 Å². The number of hydrogen-bond acceptors (Lipinski definition) is 6. The predicted molar refractivity (Wildman–Crippen MR) is 95.3 cm³/mol. The molecule has 0 saturated carbocycles. The molecule has 2 aliphatic rings. The smallest absolute Gasteiger partial charge is 0.410 e. The van der Waals surface area contributed by atoms with Crippen LogP contribution in [0.5, 0.6) is 5.75 Å². The van der Waals surface area contributed by atoms with Gasteiger partial charge >= 0.3 is 11.8 Å². The molecule has 8 nitrogen and oxygen atoms in total. The molecule has 1 amide bonds. The lowest BCUT2D eigenvalue weighted by Gasteiger charge is -2.43. The molecule has 2 aliphatic heterocycles. The molecule has 142 valence electrons. The number of phenolic OH excluding ortho intramolecular Hbond substituents is 1. The molecule has 1 atom stereocenters. The minimum absolute atomic E-state index is 0.213. The molecule has 1 aromatic carbocycles. The van der Waals surface area contributed by atoms with E-state index < -0.39 is 10.5 Å². The fraction of sp³-hybridized carbons (Fsp3) is 0.611. The van der Waals surface area contributed by atoms with E-state index in [4.69, 9.17) is 4.74 Å². The van der Waals surface area contributed by atoms with Crippen LogP contribution in [0.2, 0.25) is 0 Å². The van der Waals surface area contributed by atoms with E-state index in [1.54, 1.807) is 11.0 Å². The van der Waals surface area contributed by atoms with E-state index in [1.807, 2.05) is 20.8 Å². The maximum absolute atomic E-state index is 12.2. The first-order valence-corrected chi connectivity index (χ1v) is 8.83. The Morgan fingerprint density at radius 2 is 2.00 bits per heavy atom. The molecular formula is C18H25N3O5. The maximum atomic E-state index is 12.2. The molecular weight excluding hydrogens is 338 g/mol. The molecule has 2 heterocycles. The summed E-state index contributed by atoms with van der Waals surface area (Å²) in [5.74, 6) is -0.0939. The van der Waals surface area contributed by atoms with Crippen molar-refractivity contribution in [2.45, 2.75) is 44.8 Å². The molecule has 3 rings (SSSR count). The summed E-state index contributed by atoms with van der Waals surface area (Å²) in [5, 5.41) is 20.5. The molecule has 1 N–H and O–H groups in total. The zero-order valence-electron chi connectivity index (χ0n) is 15.3. The lowest BCUT2D eigenvalue weighted by atomic mass is 9.89. The van der Waals surface area contributed by atoms with Crippen LogP contribution < -0.4 is 0 Å². The van der Waals surface area contributed by atoms with Crippen molar-refractivity contribution in [3.8, 4) is 5.75 Å². The summed E-state index contributed by atoms with van der Waals surface area (Å²) in [7, 11) is 0. The monoisotopic (exact) mass is 363 g/mol. The molecule has 0 spiro atoms. The van der Waals surface area contributed by atoms with Gasteiger partial charge in [0.15, 0.2) is 5.75 Å². The van der Waals surface area contributed by atoms with Crippen LogP contribution in [0, 0.1) is 10.1 Å². The van der Waals surface area contributed by atoms with E-state index in [0.717, 1.165) is 25.1 Å². The Labute approximate surface area is 152 Å². The Balaban J connectivity index is 1.54. The molecule has 0 aromatic heterocycles. The van der Waals surface area contributed by atoms with Gasteiger partial charge < -0.3 is 14.7 Å². The van der Waals surface area contributed by atoms with E-state index in [-0.39, 0.29) is 23.4 Å².